The number of aromatic nitrogens is 2. The van der Waals surface area contributed by atoms with Gasteiger partial charge in [-0.05, 0) is 19.4 Å². The molecule has 0 unspecified atom stereocenters. The van der Waals surface area contributed by atoms with Crippen LogP contribution in [0, 0.1) is 5.92 Å². The van der Waals surface area contributed by atoms with Crippen molar-refractivity contribution in [3.05, 3.63) is 18.2 Å². The van der Waals surface area contributed by atoms with Crippen LogP contribution in [0.25, 0.3) is 0 Å². The molecule has 0 aromatic carbocycles. The highest BCUT2D eigenvalue weighted by Crippen LogP contribution is 2.30. The van der Waals surface area contributed by atoms with Gasteiger partial charge in [-0.3, -0.25) is 0 Å². The van der Waals surface area contributed by atoms with E-state index < -0.39 is 0 Å². The van der Waals surface area contributed by atoms with E-state index in [-0.39, 0.29) is 6.10 Å². The number of ether oxygens (including phenoxy) is 1. The van der Waals surface area contributed by atoms with E-state index in [0.717, 1.165) is 25.3 Å². The fraction of sp³-hybridized carbons (Fsp3) is 0.667. The molecule has 0 spiro atoms. The molecule has 0 aliphatic carbocycles. The van der Waals surface area contributed by atoms with E-state index in [9.17, 15) is 0 Å². The van der Waals surface area contributed by atoms with Gasteiger partial charge in [-0.2, -0.15) is 0 Å². The molecule has 1 fully saturated rings. The summed E-state index contributed by atoms with van der Waals surface area (Å²) in [5, 5.41) is 0. The van der Waals surface area contributed by atoms with Crippen molar-refractivity contribution >= 4 is 0 Å². The third-order valence-corrected chi connectivity index (χ3v) is 2.54. The molecule has 4 nitrogen and oxygen atoms in total. The summed E-state index contributed by atoms with van der Waals surface area (Å²) in [5.74, 6) is 1.33. The Morgan fingerprint density at radius 1 is 1.69 bits per heavy atom. The molecule has 4 heteroatoms. The number of nitrogens with two attached hydrogens (primary N) is 1. The Morgan fingerprint density at radius 2 is 2.62 bits per heavy atom. The van der Waals surface area contributed by atoms with E-state index in [1.807, 2.05) is 6.20 Å². The molecule has 0 saturated carbocycles. The van der Waals surface area contributed by atoms with Crippen LogP contribution < -0.4 is 5.73 Å². The Hall–Kier alpha value is -0.870. The topological polar surface area (TPSA) is 63.9 Å². The lowest BCUT2D eigenvalue weighted by Crippen LogP contribution is -2.29. The number of nitrogens with zero attached hydrogens (tertiary/aromatic N) is 1. The quantitative estimate of drug-likeness (QED) is 0.710. The molecule has 1 aliphatic heterocycles. The molecule has 0 radical (unpaired) electrons. The first kappa shape index (κ1) is 8.72. The van der Waals surface area contributed by atoms with Gasteiger partial charge < -0.3 is 15.5 Å². The zero-order valence-electron chi connectivity index (χ0n) is 7.57. The van der Waals surface area contributed by atoms with E-state index in [4.69, 9.17) is 10.5 Å². The summed E-state index contributed by atoms with van der Waals surface area (Å²) in [6.07, 6.45) is 5.90. The second kappa shape index (κ2) is 3.89. The van der Waals surface area contributed by atoms with Gasteiger partial charge in [-0.25, -0.2) is 4.98 Å². The molecule has 1 saturated heterocycles. The molecule has 0 amide bonds. The Kier molecular flexibility index (Phi) is 2.61. The summed E-state index contributed by atoms with van der Waals surface area (Å²) in [5.41, 5.74) is 5.68. The van der Waals surface area contributed by atoms with Gasteiger partial charge in [0.15, 0.2) is 0 Å². The van der Waals surface area contributed by atoms with Crippen LogP contribution in [0.4, 0.5) is 0 Å². The normalized spacial score (nSPS) is 29.0. The van der Waals surface area contributed by atoms with Gasteiger partial charge in [-0.1, -0.05) is 0 Å². The van der Waals surface area contributed by atoms with Crippen molar-refractivity contribution < 1.29 is 4.74 Å². The number of imidazole rings is 1. The maximum atomic E-state index is 5.68. The second-order valence-corrected chi connectivity index (χ2v) is 3.40. The van der Waals surface area contributed by atoms with Crippen molar-refractivity contribution in [1.82, 2.24) is 9.97 Å². The third-order valence-electron chi connectivity index (χ3n) is 2.54. The first-order valence-corrected chi connectivity index (χ1v) is 4.72. The Morgan fingerprint density at radius 3 is 3.31 bits per heavy atom. The van der Waals surface area contributed by atoms with Crippen molar-refractivity contribution in [2.24, 2.45) is 11.7 Å². The van der Waals surface area contributed by atoms with E-state index in [0.29, 0.717) is 12.5 Å². The van der Waals surface area contributed by atoms with Crippen molar-refractivity contribution in [3.63, 3.8) is 0 Å². The highest BCUT2D eigenvalue weighted by atomic mass is 16.5. The molecule has 0 bridgehead atoms. The maximum Gasteiger partial charge on any atom is 0.135 e. The number of hydrogen-bond donors (Lipinski definition) is 2. The lowest BCUT2D eigenvalue weighted by molar-refractivity contribution is -0.0299. The standard InChI is InChI=1S/C9H15N3O/c10-6-7-2-1-5-13-8(7)9-11-3-4-12-9/h3-4,7-8H,1-2,5-6,10H2,(H,11,12)/t7-,8+/m0/s1. The molecular weight excluding hydrogens is 166 g/mol. The molecule has 1 aromatic heterocycles. The molecule has 3 N–H and O–H groups in total. The predicted molar refractivity (Wildman–Crippen MR) is 49.1 cm³/mol. The number of rotatable bonds is 2. The van der Waals surface area contributed by atoms with Crippen molar-refractivity contribution in [2.75, 3.05) is 13.2 Å². The van der Waals surface area contributed by atoms with Crippen LogP contribution in [0.5, 0.6) is 0 Å². The lowest BCUT2D eigenvalue weighted by atomic mass is 9.94. The Labute approximate surface area is 77.5 Å². The largest absolute Gasteiger partial charge is 0.370 e. The van der Waals surface area contributed by atoms with Crippen LogP contribution >= 0.6 is 0 Å². The summed E-state index contributed by atoms with van der Waals surface area (Å²) in [6.45, 7) is 1.49. The van der Waals surface area contributed by atoms with Crippen LogP contribution in [0.15, 0.2) is 12.4 Å². The summed E-state index contributed by atoms with van der Waals surface area (Å²) in [7, 11) is 0. The van der Waals surface area contributed by atoms with Gasteiger partial charge in [0.05, 0.1) is 0 Å². The van der Waals surface area contributed by atoms with Crippen molar-refractivity contribution in [1.29, 1.82) is 0 Å². The van der Waals surface area contributed by atoms with Gasteiger partial charge in [0.1, 0.15) is 11.9 Å². The number of nitrogens with one attached hydrogen (secondary N) is 1. The molecule has 2 heterocycles. The zero-order chi connectivity index (χ0) is 9.10. The molecule has 1 aliphatic rings. The molecule has 1 aromatic rings. The van der Waals surface area contributed by atoms with E-state index >= 15 is 0 Å². The first-order chi connectivity index (χ1) is 6.42. The molecule has 13 heavy (non-hydrogen) atoms. The van der Waals surface area contributed by atoms with E-state index in [2.05, 4.69) is 9.97 Å². The van der Waals surface area contributed by atoms with Crippen LogP contribution in [0.1, 0.15) is 24.8 Å². The SMILES string of the molecule is NC[C@@H]1CCCO[C@H]1c1ncc[nH]1. The van der Waals surface area contributed by atoms with Crippen LogP contribution in [-0.2, 0) is 4.74 Å². The zero-order valence-corrected chi connectivity index (χ0v) is 7.57. The van der Waals surface area contributed by atoms with Gasteiger partial charge in [-0.15, -0.1) is 0 Å². The van der Waals surface area contributed by atoms with Crippen molar-refractivity contribution in [2.45, 2.75) is 18.9 Å². The highest BCUT2D eigenvalue weighted by molar-refractivity contribution is 4.96. The molecule has 2 rings (SSSR count). The minimum atomic E-state index is 0.0775. The van der Waals surface area contributed by atoms with Gasteiger partial charge in [0, 0.05) is 24.9 Å². The van der Waals surface area contributed by atoms with Crippen LogP contribution in [0.2, 0.25) is 0 Å². The average Bonchev–Trinajstić information content (AvgIpc) is 2.70. The summed E-state index contributed by atoms with van der Waals surface area (Å²) in [4.78, 5) is 7.28. The fourth-order valence-corrected chi connectivity index (χ4v) is 1.82. The van der Waals surface area contributed by atoms with Gasteiger partial charge in [0.2, 0.25) is 0 Å². The van der Waals surface area contributed by atoms with Gasteiger partial charge in [0.25, 0.3) is 0 Å². The fourth-order valence-electron chi connectivity index (χ4n) is 1.82. The Balaban J connectivity index is 2.11. The lowest BCUT2D eigenvalue weighted by Gasteiger charge is -2.29. The predicted octanol–water partition coefficient (Wildman–Crippen LogP) is 0.836. The summed E-state index contributed by atoms with van der Waals surface area (Å²) in [6, 6.07) is 0. The molecular formula is C9H15N3O. The van der Waals surface area contributed by atoms with Crippen LogP contribution in [0.3, 0.4) is 0 Å². The maximum absolute atomic E-state index is 5.68. The third kappa shape index (κ3) is 1.73. The van der Waals surface area contributed by atoms with Crippen molar-refractivity contribution in [3.8, 4) is 0 Å². The van der Waals surface area contributed by atoms with E-state index in [1.54, 1.807) is 6.20 Å². The minimum Gasteiger partial charge on any atom is -0.370 e. The first-order valence-electron chi connectivity index (χ1n) is 4.72. The van der Waals surface area contributed by atoms with Crippen LogP contribution in [-0.4, -0.2) is 23.1 Å². The number of H-pyrrole nitrogens is 1. The summed E-state index contributed by atoms with van der Waals surface area (Å²) >= 11 is 0. The Bertz CT molecular complexity index is 247. The smallest absolute Gasteiger partial charge is 0.135 e. The monoisotopic (exact) mass is 181 g/mol. The van der Waals surface area contributed by atoms with Gasteiger partial charge >= 0.3 is 0 Å². The summed E-state index contributed by atoms with van der Waals surface area (Å²) < 4.78 is 5.65. The van der Waals surface area contributed by atoms with E-state index in [1.165, 1.54) is 0 Å². The molecule has 2 atom stereocenters. The average molecular weight is 181 g/mol. The number of hydrogen-bond acceptors (Lipinski definition) is 3. The molecule has 72 valence electrons. The minimum absolute atomic E-state index is 0.0775. The highest BCUT2D eigenvalue weighted by Gasteiger charge is 2.27. The second-order valence-electron chi connectivity index (χ2n) is 3.40. The number of aromatic amines is 1.